The van der Waals surface area contributed by atoms with Crippen LogP contribution in [0.25, 0.3) is 0 Å². The molecular weight excluding hydrogens is 272 g/mol. The topological polar surface area (TPSA) is 111 Å². The minimum absolute atomic E-state index is 0.0342. The van der Waals surface area contributed by atoms with Gasteiger partial charge < -0.3 is 11.1 Å². The Bertz CT molecular complexity index is 659. The zero-order valence-corrected chi connectivity index (χ0v) is 11.2. The van der Waals surface area contributed by atoms with E-state index in [1.165, 1.54) is 18.2 Å². The van der Waals surface area contributed by atoms with Gasteiger partial charge in [0.05, 0.1) is 4.92 Å². The number of nitrogens with one attached hydrogen (secondary N) is 1. The van der Waals surface area contributed by atoms with Crippen LogP contribution in [0, 0.1) is 10.1 Å². The molecule has 7 nitrogen and oxygen atoms in total. The van der Waals surface area contributed by atoms with E-state index < -0.39 is 4.92 Å². The summed E-state index contributed by atoms with van der Waals surface area (Å²) in [5.74, 6) is -0.373. The van der Waals surface area contributed by atoms with Gasteiger partial charge in [0, 0.05) is 30.6 Å². The molecule has 2 aromatic rings. The van der Waals surface area contributed by atoms with Crippen molar-refractivity contribution in [1.29, 1.82) is 0 Å². The summed E-state index contributed by atoms with van der Waals surface area (Å²) in [5.41, 5.74) is 6.46. The van der Waals surface area contributed by atoms with Crippen molar-refractivity contribution in [1.82, 2.24) is 10.3 Å². The zero-order valence-electron chi connectivity index (χ0n) is 11.2. The van der Waals surface area contributed by atoms with Crippen LogP contribution in [0.4, 0.5) is 11.4 Å². The van der Waals surface area contributed by atoms with E-state index in [-0.39, 0.29) is 22.8 Å². The molecule has 0 atom stereocenters. The maximum absolute atomic E-state index is 11.9. The van der Waals surface area contributed by atoms with Gasteiger partial charge in [-0.2, -0.15) is 0 Å². The molecule has 0 radical (unpaired) electrons. The van der Waals surface area contributed by atoms with Crippen molar-refractivity contribution in [3.63, 3.8) is 0 Å². The van der Waals surface area contributed by atoms with Crippen LogP contribution in [0.1, 0.15) is 15.9 Å². The van der Waals surface area contributed by atoms with Crippen LogP contribution in [0.3, 0.4) is 0 Å². The molecule has 7 heteroatoms. The number of aromatic nitrogens is 1. The van der Waals surface area contributed by atoms with Crippen molar-refractivity contribution in [2.45, 2.75) is 6.42 Å². The molecule has 2 rings (SSSR count). The van der Waals surface area contributed by atoms with E-state index in [0.29, 0.717) is 13.0 Å². The van der Waals surface area contributed by atoms with Gasteiger partial charge in [-0.3, -0.25) is 19.9 Å². The number of nitrogen functional groups attached to an aromatic ring is 1. The third-order valence-electron chi connectivity index (χ3n) is 2.91. The number of hydrogen-bond acceptors (Lipinski definition) is 5. The van der Waals surface area contributed by atoms with Crippen molar-refractivity contribution in [2.75, 3.05) is 12.3 Å². The quantitative estimate of drug-likeness (QED) is 0.492. The average molecular weight is 286 g/mol. The van der Waals surface area contributed by atoms with E-state index in [4.69, 9.17) is 5.73 Å². The standard InChI is InChI=1S/C14H14N4O3/c15-12-4-3-11(8-13(12)18(20)21)14(19)17-7-5-10-2-1-6-16-9-10/h1-4,6,8-9H,5,7,15H2,(H,17,19). The highest BCUT2D eigenvalue weighted by atomic mass is 16.6. The molecule has 108 valence electrons. The van der Waals surface area contributed by atoms with Crippen molar-refractivity contribution < 1.29 is 9.72 Å². The zero-order chi connectivity index (χ0) is 15.2. The Labute approximate surface area is 121 Å². The van der Waals surface area contributed by atoms with E-state index >= 15 is 0 Å². The predicted molar refractivity (Wildman–Crippen MR) is 77.8 cm³/mol. The van der Waals surface area contributed by atoms with E-state index in [2.05, 4.69) is 10.3 Å². The lowest BCUT2D eigenvalue weighted by Gasteiger charge is -2.06. The van der Waals surface area contributed by atoms with E-state index in [0.717, 1.165) is 5.56 Å². The van der Waals surface area contributed by atoms with Crippen LogP contribution in [-0.4, -0.2) is 22.4 Å². The molecule has 21 heavy (non-hydrogen) atoms. The van der Waals surface area contributed by atoms with Crippen molar-refractivity contribution in [3.8, 4) is 0 Å². The van der Waals surface area contributed by atoms with Gasteiger partial charge in [-0.25, -0.2) is 0 Å². The number of amides is 1. The lowest BCUT2D eigenvalue weighted by atomic mass is 10.1. The normalized spacial score (nSPS) is 10.1. The molecule has 0 saturated heterocycles. The fourth-order valence-electron chi connectivity index (χ4n) is 1.81. The molecule has 0 aliphatic rings. The molecule has 0 spiro atoms. The van der Waals surface area contributed by atoms with Crippen LogP contribution < -0.4 is 11.1 Å². The highest BCUT2D eigenvalue weighted by Gasteiger charge is 2.15. The van der Waals surface area contributed by atoms with Crippen molar-refractivity contribution in [3.05, 3.63) is 64.0 Å². The van der Waals surface area contributed by atoms with Gasteiger partial charge >= 0.3 is 0 Å². The maximum Gasteiger partial charge on any atom is 0.292 e. The minimum atomic E-state index is -0.609. The fourth-order valence-corrected chi connectivity index (χ4v) is 1.81. The van der Waals surface area contributed by atoms with Crippen molar-refractivity contribution in [2.24, 2.45) is 0 Å². The van der Waals surface area contributed by atoms with Crippen LogP contribution in [-0.2, 0) is 6.42 Å². The second-order valence-electron chi connectivity index (χ2n) is 4.40. The monoisotopic (exact) mass is 286 g/mol. The molecule has 3 N–H and O–H groups in total. The van der Waals surface area contributed by atoms with Crippen molar-refractivity contribution >= 4 is 17.3 Å². The number of carbonyl (C=O) groups is 1. The maximum atomic E-state index is 11.9. The molecule has 0 unspecified atom stereocenters. The number of nitro benzene ring substituents is 1. The Morgan fingerprint density at radius 2 is 2.19 bits per heavy atom. The van der Waals surface area contributed by atoms with E-state index in [9.17, 15) is 14.9 Å². The summed E-state index contributed by atoms with van der Waals surface area (Å²) in [6.45, 7) is 0.419. The Kier molecular flexibility index (Phi) is 4.45. The number of pyridine rings is 1. The largest absolute Gasteiger partial charge is 0.393 e. The first-order chi connectivity index (χ1) is 10.1. The van der Waals surface area contributed by atoms with Gasteiger partial charge in [0.1, 0.15) is 5.69 Å². The predicted octanol–water partition coefficient (Wildman–Crippen LogP) is 1.54. The molecule has 0 fully saturated rings. The summed E-state index contributed by atoms with van der Waals surface area (Å²) in [7, 11) is 0. The number of nitrogens with zero attached hydrogens (tertiary/aromatic N) is 2. The summed E-state index contributed by atoms with van der Waals surface area (Å²) < 4.78 is 0. The highest BCUT2D eigenvalue weighted by Crippen LogP contribution is 2.22. The van der Waals surface area contributed by atoms with Gasteiger partial charge in [-0.05, 0) is 30.2 Å². The summed E-state index contributed by atoms with van der Waals surface area (Å²) in [5, 5.41) is 13.5. The number of anilines is 1. The van der Waals surface area contributed by atoms with Gasteiger partial charge in [0.15, 0.2) is 0 Å². The molecule has 0 saturated carbocycles. The lowest BCUT2D eigenvalue weighted by Crippen LogP contribution is -2.25. The van der Waals surface area contributed by atoms with Crippen LogP contribution in [0.15, 0.2) is 42.7 Å². The highest BCUT2D eigenvalue weighted by molar-refractivity contribution is 5.95. The third-order valence-corrected chi connectivity index (χ3v) is 2.91. The van der Waals surface area contributed by atoms with Crippen LogP contribution in [0.5, 0.6) is 0 Å². The summed E-state index contributed by atoms with van der Waals surface area (Å²) in [4.78, 5) is 26.1. The molecule has 1 aromatic carbocycles. The van der Waals surface area contributed by atoms with Gasteiger partial charge in [0.25, 0.3) is 11.6 Å². The Balaban J connectivity index is 1.97. The summed E-state index contributed by atoms with van der Waals surface area (Å²) in [6.07, 6.45) is 4.03. The summed E-state index contributed by atoms with van der Waals surface area (Å²) in [6, 6.07) is 7.72. The van der Waals surface area contributed by atoms with Gasteiger partial charge in [-0.1, -0.05) is 6.07 Å². The molecule has 1 aromatic heterocycles. The SMILES string of the molecule is Nc1ccc(C(=O)NCCc2cccnc2)cc1[N+](=O)[O-]. The second kappa shape index (κ2) is 6.47. The first-order valence-electron chi connectivity index (χ1n) is 6.29. The lowest BCUT2D eigenvalue weighted by molar-refractivity contribution is -0.383. The Hall–Kier alpha value is -2.96. The molecule has 0 aliphatic heterocycles. The molecule has 0 bridgehead atoms. The average Bonchev–Trinajstić information content (AvgIpc) is 2.48. The number of rotatable bonds is 5. The van der Waals surface area contributed by atoms with Crippen LogP contribution in [0.2, 0.25) is 0 Å². The van der Waals surface area contributed by atoms with Gasteiger partial charge in [0.2, 0.25) is 0 Å². The number of nitro groups is 1. The Morgan fingerprint density at radius 3 is 2.86 bits per heavy atom. The fraction of sp³-hybridized carbons (Fsp3) is 0.143. The number of nitrogens with two attached hydrogens (primary N) is 1. The minimum Gasteiger partial charge on any atom is -0.393 e. The molecular formula is C14H14N4O3. The number of carbonyl (C=O) groups excluding carboxylic acids is 1. The Morgan fingerprint density at radius 1 is 1.38 bits per heavy atom. The first kappa shape index (κ1) is 14.4. The van der Waals surface area contributed by atoms with E-state index in [1.807, 2.05) is 12.1 Å². The first-order valence-corrected chi connectivity index (χ1v) is 6.29. The number of benzene rings is 1. The molecule has 1 amide bonds. The molecule has 0 aliphatic carbocycles. The smallest absolute Gasteiger partial charge is 0.292 e. The van der Waals surface area contributed by atoms with E-state index in [1.54, 1.807) is 12.4 Å². The molecule has 1 heterocycles. The second-order valence-corrected chi connectivity index (χ2v) is 4.40. The third kappa shape index (κ3) is 3.75. The van der Waals surface area contributed by atoms with Crippen LogP contribution >= 0.6 is 0 Å². The summed E-state index contributed by atoms with van der Waals surface area (Å²) >= 11 is 0. The number of hydrogen-bond donors (Lipinski definition) is 2. The van der Waals surface area contributed by atoms with Gasteiger partial charge in [-0.15, -0.1) is 0 Å².